The van der Waals surface area contributed by atoms with Gasteiger partial charge in [0.1, 0.15) is 0 Å². The van der Waals surface area contributed by atoms with Crippen molar-refractivity contribution in [2.75, 3.05) is 11.1 Å². The van der Waals surface area contributed by atoms with Crippen LogP contribution in [0, 0.1) is 0 Å². The molecule has 0 saturated heterocycles. The number of anilines is 2. The number of carbonyl (C=O) groups excluding carboxylic acids is 1. The second kappa shape index (κ2) is 6.02. The third-order valence-electron chi connectivity index (χ3n) is 2.81. The van der Waals surface area contributed by atoms with Gasteiger partial charge in [0.2, 0.25) is 5.91 Å². The molecule has 98 valence electrons. The van der Waals surface area contributed by atoms with Crippen LogP contribution in [0.1, 0.15) is 5.56 Å². The molecule has 0 unspecified atom stereocenters. The van der Waals surface area contributed by atoms with Crippen molar-refractivity contribution in [2.24, 2.45) is 5.73 Å². The topological polar surface area (TPSA) is 81.1 Å². The van der Waals surface area contributed by atoms with Crippen molar-refractivity contribution >= 4 is 17.3 Å². The Bertz CT molecular complexity index is 537. The fourth-order valence-electron chi connectivity index (χ4n) is 1.76. The van der Waals surface area contributed by atoms with E-state index < -0.39 is 6.04 Å². The molecule has 5 N–H and O–H groups in total. The number of rotatable bonds is 4. The van der Waals surface area contributed by atoms with Crippen molar-refractivity contribution in [3.63, 3.8) is 0 Å². The first-order chi connectivity index (χ1) is 9.15. The average Bonchev–Trinajstić information content (AvgIpc) is 2.42. The van der Waals surface area contributed by atoms with Gasteiger partial charge in [0.25, 0.3) is 0 Å². The molecule has 0 spiro atoms. The Balaban J connectivity index is 1.94. The molecule has 4 heteroatoms. The Morgan fingerprint density at radius 3 is 2.32 bits per heavy atom. The maximum absolute atomic E-state index is 11.9. The number of amides is 1. The molecule has 0 saturated carbocycles. The number of carbonyl (C=O) groups is 1. The Morgan fingerprint density at radius 2 is 1.68 bits per heavy atom. The number of nitrogens with one attached hydrogen (secondary N) is 1. The van der Waals surface area contributed by atoms with Gasteiger partial charge in [-0.05, 0) is 36.2 Å². The molecule has 0 bridgehead atoms. The van der Waals surface area contributed by atoms with Crippen molar-refractivity contribution in [1.29, 1.82) is 0 Å². The fourth-order valence-corrected chi connectivity index (χ4v) is 1.76. The van der Waals surface area contributed by atoms with E-state index in [2.05, 4.69) is 5.32 Å². The van der Waals surface area contributed by atoms with Crippen LogP contribution in [0.3, 0.4) is 0 Å². The number of hydrogen-bond donors (Lipinski definition) is 3. The van der Waals surface area contributed by atoms with E-state index in [0.717, 1.165) is 11.3 Å². The lowest BCUT2D eigenvalue weighted by molar-refractivity contribution is -0.117. The lowest BCUT2D eigenvalue weighted by Gasteiger charge is -2.12. The third-order valence-corrected chi connectivity index (χ3v) is 2.81. The van der Waals surface area contributed by atoms with Gasteiger partial charge in [-0.15, -0.1) is 0 Å². The summed E-state index contributed by atoms with van der Waals surface area (Å²) in [6, 6.07) is 16.1. The van der Waals surface area contributed by atoms with Gasteiger partial charge in [0.05, 0.1) is 6.04 Å². The normalized spacial score (nSPS) is 11.8. The first-order valence-corrected chi connectivity index (χ1v) is 6.11. The first-order valence-electron chi connectivity index (χ1n) is 6.11. The molecule has 0 radical (unpaired) electrons. The first kappa shape index (κ1) is 13.1. The maximum atomic E-state index is 11.9. The molecule has 19 heavy (non-hydrogen) atoms. The monoisotopic (exact) mass is 255 g/mol. The molecule has 0 aliphatic carbocycles. The largest absolute Gasteiger partial charge is 0.399 e. The van der Waals surface area contributed by atoms with Crippen LogP contribution >= 0.6 is 0 Å². The van der Waals surface area contributed by atoms with Crippen molar-refractivity contribution in [3.8, 4) is 0 Å². The van der Waals surface area contributed by atoms with E-state index in [1.165, 1.54) is 0 Å². The number of benzene rings is 2. The molecule has 1 atom stereocenters. The summed E-state index contributed by atoms with van der Waals surface area (Å²) >= 11 is 0. The molecule has 4 nitrogen and oxygen atoms in total. The van der Waals surface area contributed by atoms with Crippen LogP contribution in [0.2, 0.25) is 0 Å². The summed E-state index contributed by atoms with van der Waals surface area (Å²) in [5.74, 6) is -0.192. The molecule has 0 fully saturated rings. The summed E-state index contributed by atoms with van der Waals surface area (Å²) in [6.45, 7) is 0. The van der Waals surface area contributed by atoms with Crippen LogP contribution in [-0.2, 0) is 11.2 Å². The zero-order chi connectivity index (χ0) is 13.7. The number of para-hydroxylation sites is 1. The van der Waals surface area contributed by atoms with Gasteiger partial charge in [-0.1, -0.05) is 30.3 Å². The smallest absolute Gasteiger partial charge is 0.241 e. The minimum Gasteiger partial charge on any atom is -0.399 e. The predicted molar refractivity (Wildman–Crippen MR) is 77.6 cm³/mol. The second-order valence-electron chi connectivity index (χ2n) is 4.41. The fraction of sp³-hybridized carbons (Fsp3) is 0.133. The molecule has 2 aromatic rings. The van der Waals surface area contributed by atoms with E-state index in [9.17, 15) is 4.79 Å². The van der Waals surface area contributed by atoms with Gasteiger partial charge in [-0.2, -0.15) is 0 Å². The van der Waals surface area contributed by atoms with Gasteiger partial charge in [0.15, 0.2) is 0 Å². The zero-order valence-electron chi connectivity index (χ0n) is 10.5. The Hall–Kier alpha value is -2.33. The Morgan fingerprint density at radius 1 is 1.05 bits per heavy atom. The molecule has 0 aliphatic rings. The van der Waals surface area contributed by atoms with Crippen LogP contribution < -0.4 is 16.8 Å². The molecule has 0 aliphatic heterocycles. The van der Waals surface area contributed by atoms with Crippen LogP contribution in [0.4, 0.5) is 11.4 Å². The molecule has 0 heterocycles. The van der Waals surface area contributed by atoms with Crippen LogP contribution in [0.15, 0.2) is 54.6 Å². The summed E-state index contributed by atoms with van der Waals surface area (Å²) in [7, 11) is 0. The highest BCUT2D eigenvalue weighted by molar-refractivity contribution is 5.94. The highest BCUT2D eigenvalue weighted by atomic mass is 16.2. The van der Waals surface area contributed by atoms with Crippen molar-refractivity contribution in [1.82, 2.24) is 0 Å². The Labute approximate surface area is 112 Å². The minimum atomic E-state index is -0.580. The molecule has 2 aromatic carbocycles. The van der Waals surface area contributed by atoms with Crippen molar-refractivity contribution in [2.45, 2.75) is 12.5 Å². The molecular weight excluding hydrogens is 238 g/mol. The molecule has 2 rings (SSSR count). The highest BCUT2D eigenvalue weighted by Crippen LogP contribution is 2.09. The quantitative estimate of drug-likeness (QED) is 0.728. The lowest BCUT2D eigenvalue weighted by atomic mass is 10.1. The predicted octanol–water partition coefficient (Wildman–Crippen LogP) is 1.78. The molecule has 0 aromatic heterocycles. The Kier molecular flexibility index (Phi) is 4.15. The lowest BCUT2D eigenvalue weighted by Crippen LogP contribution is -2.37. The van der Waals surface area contributed by atoms with Gasteiger partial charge in [-0.25, -0.2) is 0 Å². The molecular formula is C15H17N3O. The SMILES string of the molecule is Nc1ccc(C[C@H](N)C(=O)Nc2ccccc2)cc1. The molecule has 1 amide bonds. The minimum absolute atomic E-state index is 0.192. The van der Waals surface area contributed by atoms with E-state index in [0.29, 0.717) is 12.1 Å². The number of hydrogen-bond acceptors (Lipinski definition) is 3. The van der Waals surface area contributed by atoms with Crippen LogP contribution in [-0.4, -0.2) is 11.9 Å². The summed E-state index contributed by atoms with van der Waals surface area (Å²) in [4.78, 5) is 11.9. The summed E-state index contributed by atoms with van der Waals surface area (Å²) < 4.78 is 0. The third kappa shape index (κ3) is 3.82. The van der Waals surface area contributed by atoms with E-state index in [4.69, 9.17) is 11.5 Å². The van der Waals surface area contributed by atoms with Gasteiger partial charge >= 0.3 is 0 Å². The van der Waals surface area contributed by atoms with Crippen molar-refractivity contribution < 1.29 is 4.79 Å². The van der Waals surface area contributed by atoms with E-state index in [1.807, 2.05) is 42.5 Å². The number of nitrogens with two attached hydrogens (primary N) is 2. The van der Waals surface area contributed by atoms with Crippen LogP contribution in [0.25, 0.3) is 0 Å². The van der Waals surface area contributed by atoms with Gasteiger partial charge in [-0.3, -0.25) is 4.79 Å². The van der Waals surface area contributed by atoms with E-state index >= 15 is 0 Å². The second-order valence-corrected chi connectivity index (χ2v) is 4.41. The van der Waals surface area contributed by atoms with Crippen LogP contribution in [0.5, 0.6) is 0 Å². The highest BCUT2D eigenvalue weighted by Gasteiger charge is 2.13. The summed E-state index contributed by atoms with van der Waals surface area (Å²) in [5, 5.41) is 2.78. The number of nitrogen functional groups attached to an aromatic ring is 1. The van der Waals surface area contributed by atoms with E-state index in [1.54, 1.807) is 12.1 Å². The maximum Gasteiger partial charge on any atom is 0.241 e. The summed E-state index contributed by atoms with van der Waals surface area (Å²) in [6.07, 6.45) is 0.485. The van der Waals surface area contributed by atoms with E-state index in [-0.39, 0.29) is 5.91 Å². The van der Waals surface area contributed by atoms with Gasteiger partial charge in [0, 0.05) is 11.4 Å². The zero-order valence-corrected chi connectivity index (χ0v) is 10.5. The van der Waals surface area contributed by atoms with Crippen molar-refractivity contribution in [3.05, 3.63) is 60.2 Å². The summed E-state index contributed by atoms with van der Waals surface area (Å²) in [5.41, 5.74) is 13.9. The standard InChI is InChI=1S/C15H17N3O/c16-12-8-6-11(7-9-12)10-14(17)15(19)18-13-4-2-1-3-5-13/h1-9,14H,10,16-17H2,(H,18,19)/t14-/m0/s1. The average molecular weight is 255 g/mol. The van der Waals surface area contributed by atoms with Gasteiger partial charge < -0.3 is 16.8 Å².